The molecule has 5 nitrogen and oxygen atoms in total. The van der Waals surface area contributed by atoms with Gasteiger partial charge in [-0.1, -0.05) is 66.2 Å². The Labute approximate surface area is 194 Å². The van der Waals surface area contributed by atoms with Gasteiger partial charge in [0.2, 0.25) is 11.8 Å². The van der Waals surface area contributed by atoms with Gasteiger partial charge in [0.05, 0.1) is 7.11 Å². The van der Waals surface area contributed by atoms with E-state index in [1.54, 1.807) is 24.1 Å². The van der Waals surface area contributed by atoms with Crippen LogP contribution in [0.1, 0.15) is 23.6 Å². The average molecular weight is 451 g/mol. The number of nitrogens with zero attached hydrogens (tertiary/aromatic N) is 1. The molecule has 3 aromatic carbocycles. The fourth-order valence-corrected chi connectivity index (χ4v) is 3.59. The number of carbonyl (C=O) groups is 2. The van der Waals surface area contributed by atoms with Gasteiger partial charge in [0.1, 0.15) is 11.8 Å². The van der Waals surface area contributed by atoms with Gasteiger partial charge in [-0.3, -0.25) is 9.59 Å². The smallest absolute Gasteiger partial charge is 0.243 e. The third-order valence-electron chi connectivity index (χ3n) is 5.25. The summed E-state index contributed by atoms with van der Waals surface area (Å²) in [6.07, 6.45) is 0.419. The Morgan fingerprint density at radius 2 is 1.53 bits per heavy atom. The second-order valence-corrected chi connectivity index (χ2v) is 7.98. The third-order valence-corrected chi connectivity index (χ3v) is 5.50. The summed E-state index contributed by atoms with van der Waals surface area (Å²) in [6.45, 7) is 2.17. The molecule has 0 aliphatic carbocycles. The largest absolute Gasteiger partial charge is 0.497 e. The lowest BCUT2D eigenvalue weighted by molar-refractivity contribution is -0.139. The standard InChI is InChI=1S/C26H27ClN2O3/c1-19(30)29(18-22-8-12-23(27)13-9-22)25(16-20-6-4-3-5-7-20)26(31)28-17-21-10-14-24(32-2)15-11-21/h3-15,25H,16-18H2,1-2H3,(H,28,31). The fraction of sp³-hybridized carbons (Fsp3) is 0.231. The van der Waals surface area contributed by atoms with Crippen LogP contribution in [-0.2, 0) is 29.1 Å². The first kappa shape index (κ1) is 23.4. The average Bonchev–Trinajstić information content (AvgIpc) is 2.81. The lowest BCUT2D eigenvalue weighted by Crippen LogP contribution is -2.49. The van der Waals surface area contributed by atoms with Gasteiger partial charge in [-0.05, 0) is 41.0 Å². The number of amides is 2. The lowest BCUT2D eigenvalue weighted by Gasteiger charge is -2.30. The highest BCUT2D eigenvalue weighted by atomic mass is 35.5. The Bertz CT molecular complexity index is 1020. The minimum absolute atomic E-state index is 0.166. The van der Waals surface area contributed by atoms with Gasteiger partial charge in [-0.15, -0.1) is 0 Å². The van der Waals surface area contributed by atoms with Crippen molar-refractivity contribution in [2.75, 3.05) is 7.11 Å². The molecular formula is C26H27ClN2O3. The minimum atomic E-state index is -0.649. The third kappa shape index (κ3) is 6.59. The zero-order chi connectivity index (χ0) is 22.9. The lowest BCUT2D eigenvalue weighted by atomic mass is 10.0. The molecule has 0 saturated carbocycles. The van der Waals surface area contributed by atoms with E-state index in [0.29, 0.717) is 24.5 Å². The van der Waals surface area contributed by atoms with E-state index in [0.717, 1.165) is 22.4 Å². The van der Waals surface area contributed by atoms with Gasteiger partial charge in [-0.25, -0.2) is 0 Å². The number of ether oxygens (including phenoxy) is 1. The molecule has 0 aliphatic rings. The summed E-state index contributed by atoms with van der Waals surface area (Å²) in [5.74, 6) is 0.391. The van der Waals surface area contributed by atoms with Crippen LogP contribution in [0.5, 0.6) is 5.75 Å². The molecule has 3 rings (SSSR count). The van der Waals surface area contributed by atoms with Crippen molar-refractivity contribution in [1.29, 1.82) is 0 Å². The van der Waals surface area contributed by atoms with E-state index >= 15 is 0 Å². The van der Waals surface area contributed by atoms with Crippen LogP contribution in [0, 0.1) is 0 Å². The van der Waals surface area contributed by atoms with Crippen molar-refractivity contribution in [3.05, 3.63) is 101 Å². The molecule has 166 valence electrons. The van der Waals surface area contributed by atoms with Crippen LogP contribution in [0.15, 0.2) is 78.9 Å². The maximum Gasteiger partial charge on any atom is 0.243 e. The Balaban J connectivity index is 1.80. The molecule has 0 spiro atoms. The van der Waals surface area contributed by atoms with Crippen molar-refractivity contribution in [3.8, 4) is 5.75 Å². The van der Waals surface area contributed by atoms with E-state index in [4.69, 9.17) is 16.3 Å². The molecule has 6 heteroatoms. The second-order valence-electron chi connectivity index (χ2n) is 7.54. The molecule has 1 N–H and O–H groups in total. The summed E-state index contributed by atoms with van der Waals surface area (Å²) < 4.78 is 5.18. The van der Waals surface area contributed by atoms with E-state index in [-0.39, 0.29) is 11.8 Å². The van der Waals surface area contributed by atoms with Crippen molar-refractivity contribution in [3.63, 3.8) is 0 Å². The van der Waals surface area contributed by atoms with Gasteiger partial charge >= 0.3 is 0 Å². The van der Waals surface area contributed by atoms with Crippen LogP contribution in [0.4, 0.5) is 0 Å². The van der Waals surface area contributed by atoms with E-state index in [9.17, 15) is 9.59 Å². The molecule has 0 bridgehead atoms. The highest BCUT2D eigenvalue weighted by molar-refractivity contribution is 6.30. The second kappa shape index (κ2) is 11.3. The van der Waals surface area contributed by atoms with Crippen LogP contribution in [0.3, 0.4) is 0 Å². The topological polar surface area (TPSA) is 58.6 Å². The van der Waals surface area contributed by atoms with E-state index in [1.807, 2.05) is 66.7 Å². The number of carbonyl (C=O) groups excluding carboxylic acids is 2. The molecule has 3 aromatic rings. The summed E-state index contributed by atoms with van der Waals surface area (Å²) in [5.41, 5.74) is 2.84. The molecule has 0 heterocycles. The molecular weight excluding hydrogens is 424 g/mol. The van der Waals surface area contributed by atoms with E-state index < -0.39 is 6.04 Å². The van der Waals surface area contributed by atoms with Crippen LogP contribution in [0.2, 0.25) is 5.02 Å². The summed E-state index contributed by atoms with van der Waals surface area (Å²) in [5, 5.41) is 3.62. The predicted octanol–water partition coefficient (Wildman–Crippen LogP) is 4.62. The van der Waals surface area contributed by atoms with E-state index in [1.165, 1.54) is 6.92 Å². The highest BCUT2D eigenvalue weighted by Gasteiger charge is 2.28. The van der Waals surface area contributed by atoms with Crippen LogP contribution >= 0.6 is 11.6 Å². The fourth-order valence-electron chi connectivity index (χ4n) is 3.46. The molecule has 1 atom stereocenters. The summed E-state index contributed by atoms with van der Waals surface area (Å²) in [7, 11) is 1.61. The number of rotatable bonds is 9. The van der Waals surface area contributed by atoms with Crippen LogP contribution in [0.25, 0.3) is 0 Å². The molecule has 0 aliphatic heterocycles. The Morgan fingerprint density at radius 3 is 2.12 bits per heavy atom. The number of halogens is 1. The number of hydrogen-bond donors (Lipinski definition) is 1. The van der Waals surface area contributed by atoms with Gasteiger partial charge in [-0.2, -0.15) is 0 Å². The van der Waals surface area contributed by atoms with Gasteiger partial charge in [0, 0.05) is 31.5 Å². The Morgan fingerprint density at radius 1 is 0.906 bits per heavy atom. The molecule has 0 aromatic heterocycles. The maximum absolute atomic E-state index is 13.3. The number of methoxy groups -OCH3 is 1. The number of hydrogen-bond acceptors (Lipinski definition) is 3. The first-order valence-corrected chi connectivity index (χ1v) is 10.8. The van der Waals surface area contributed by atoms with Crippen molar-refractivity contribution in [2.45, 2.75) is 32.5 Å². The normalized spacial score (nSPS) is 11.5. The Kier molecular flexibility index (Phi) is 8.28. The van der Waals surface area contributed by atoms with Crippen molar-refractivity contribution in [1.82, 2.24) is 10.2 Å². The predicted molar refractivity (Wildman–Crippen MR) is 126 cm³/mol. The zero-order valence-electron chi connectivity index (χ0n) is 18.3. The summed E-state index contributed by atoms with van der Waals surface area (Å²) in [4.78, 5) is 27.5. The van der Waals surface area contributed by atoms with E-state index in [2.05, 4.69) is 5.32 Å². The van der Waals surface area contributed by atoms with Crippen molar-refractivity contribution in [2.24, 2.45) is 0 Å². The molecule has 32 heavy (non-hydrogen) atoms. The van der Waals surface area contributed by atoms with Crippen molar-refractivity contribution < 1.29 is 14.3 Å². The first-order valence-electron chi connectivity index (χ1n) is 10.4. The summed E-state index contributed by atoms with van der Waals surface area (Å²) in [6, 6.07) is 23.9. The Hall–Kier alpha value is -3.31. The monoisotopic (exact) mass is 450 g/mol. The first-order chi connectivity index (χ1) is 15.5. The van der Waals surface area contributed by atoms with Crippen molar-refractivity contribution >= 4 is 23.4 Å². The minimum Gasteiger partial charge on any atom is -0.497 e. The number of benzene rings is 3. The van der Waals surface area contributed by atoms with Crippen LogP contribution < -0.4 is 10.1 Å². The SMILES string of the molecule is COc1ccc(CNC(=O)C(Cc2ccccc2)N(Cc2ccc(Cl)cc2)C(C)=O)cc1. The quantitative estimate of drug-likeness (QED) is 0.517. The van der Waals surface area contributed by atoms with Gasteiger partial charge in [0.15, 0.2) is 0 Å². The maximum atomic E-state index is 13.3. The highest BCUT2D eigenvalue weighted by Crippen LogP contribution is 2.17. The molecule has 0 fully saturated rings. The molecule has 2 amide bonds. The zero-order valence-corrected chi connectivity index (χ0v) is 19.0. The summed E-state index contributed by atoms with van der Waals surface area (Å²) >= 11 is 6.00. The van der Waals surface area contributed by atoms with Gasteiger partial charge in [0.25, 0.3) is 0 Å². The molecule has 1 unspecified atom stereocenters. The molecule has 0 saturated heterocycles. The number of nitrogens with one attached hydrogen (secondary N) is 1. The van der Waals surface area contributed by atoms with Crippen LogP contribution in [-0.4, -0.2) is 29.9 Å². The molecule has 0 radical (unpaired) electrons. The van der Waals surface area contributed by atoms with Gasteiger partial charge < -0.3 is 15.0 Å².